The van der Waals surface area contributed by atoms with Crippen molar-refractivity contribution in [3.8, 4) is 5.75 Å². The lowest BCUT2D eigenvalue weighted by molar-refractivity contribution is 0.103. The van der Waals surface area contributed by atoms with E-state index in [0.29, 0.717) is 18.8 Å². The summed E-state index contributed by atoms with van der Waals surface area (Å²) in [6, 6.07) is 12.7. The molecule has 0 aliphatic carbocycles. The molecule has 0 spiro atoms. The number of rotatable bonds is 9. The first-order valence-electron chi connectivity index (χ1n) is 10.2. The molecule has 3 aromatic rings. The highest BCUT2D eigenvalue weighted by Gasteiger charge is 2.25. The smallest absolute Gasteiger partial charge is 0.405 e. The number of hydrogen-bond acceptors (Lipinski definition) is 5. The van der Waals surface area contributed by atoms with Crippen LogP contribution in [0.3, 0.4) is 0 Å². The van der Waals surface area contributed by atoms with Crippen LogP contribution in [0.5, 0.6) is 5.75 Å². The minimum Gasteiger partial charge on any atom is -0.497 e. The van der Waals surface area contributed by atoms with Crippen LogP contribution in [-0.4, -0.2) is 29.1 Å². The van der Waals surface area contributed by atoms with E-state index in [9.17, 15) is 9.59 Å². The Hall–Kier alpha value is -3.65. The van der Waals surface area contributed by atoms with Gasteiger partial charge in [0.2, 0.25) is 0 Å². The fourth-order valence-corrected chi connectivity index (χ4v) is 3.54. The monoisotopic (exact) mass is 471 g/mol. The Morgan fingerprint density at radius 2 is 1.88 bits per heavy atom. The summed E-state index contributed by atoms with van der Waals surface area (Å²) in [6.07, 6.45) is 0.355. The number of anilines is 1. The predicted molar refractivity (Wildman–Crippen MR) is 124 cm³/mol. The highest BCUT2D eigenvalue weighted by Crippen LogP contribution is 2.29. The van der Waals surface area contributed by atoms with Crippen LogP contribution in [-0.2, 0) is 6.54 Å². The molecule has 7 nitrogen and oxygen atoms in total. The molecule has 0 saturated heterocycles. The SMILES string of the molecule is CC[C@@H](NC(=O)O)c1ccc(Cl)c(C(=O)c2ccc(NCc3ccc(OC)cc3)nc2)c1F. The minimum atomic E-state index is -1.29. The van der Waals surface area contributed by atoms with E-state index in [1.807, 2.05) is 24.3 Å². The molecule has 3 rings (SSSR count). The number of hydrogen-bond donors (Lipinski definition) is 3. The van der Waals surface area contributed by atoms with Crippen molar-refractivity contribution in [1.82, 2.24) is 10.3 Å². The third-order valence-corrected chi connectivity index (χ3v) is 5.40. The summed E-state index contributed by atoms with van der Waals surface area (Å²) in [5.74, 6) is -0.188. The lowest BCUT2D eigenvalue weighted by Crippen LogP contribution is -2.27. The second kappa shape index (κ2) is 10.8. The highest BCUT2D eigenvalue weighted by atomic mass is 35.5. The van der Waals surface area contributed by atoms with Crippen molar-refractivity contribution in [3.05, 3.63) is 87.8 Å². The zero-order valence-electron chi connectivity index (χ0n) is 18.1. The molecular weight excluding hydrogens is 449 g/mol. The van der Waals surface area contributed by atoms with Gasteiger partial charge in [0.1, 0.15) is 17.4 Å². The number of halogens is 2. The Labute approximate surface area is 195 Å². The molecule has 0 saturated carbocycles. The van der Waals surface area contributed by atoms with Crippen molar-refractivity contribution < 1.29 is 23.8 Å². The summed E-state index contributed by atoms with van der Waals surface area (Å²) in [6.45, 7) is 2.22. The second-order valence-electron chi connectivity index (χ2n) is 7.20. The summed E-state index contributed by atoms with van der Waals surface area (Å²) >= 11 is 6.13. The number of amides is 1. The first-order chi connectivity index (χ1) is 15.8. The summed E-state index contributed by atoms with van der Waals surface area (Å²) in [5, 5.41) is 14.3. The average molecular weight is 472 g/mol. The van der Waals surface area contributed by atoms with Gasteiger partial charge in [0, 0.05) is 23.9 Å². The second-order valence-corrected chi connectivity index (χ2v) is 7.61. The number of methoxy groups -OCH3 is 1. The topological polar surface area (TPSA) is 101 Å². The fourth-order valence-electron chi connectivity index (χ4n) is 3.31. The fraction of sp³-hybridized carbons (Fsp3) is 0.208. The number of ether oxygens (including phenoxy) is 1. The van der Waals surface area contributed by atoms with Crippen molar-refractivity contribution in [1.29, 1.82) is 0 Å². The number of nitrogens with zero attached hydrogens (tertiary/aromatic N) is 1. The number of carboxylic acid groups (broad SMARTS) is 1. The van der Waals surface area contributed by atoms with E-state index in [0.717, 1.165) is 11.3 Å². The van der Waals surface area contributed by atoms with Gasteiger partial charge in [-0.1, -0.05) is 36.7 Å². The largest absolute Gasteiger partial charge is 0.497 e. The number of pyridine rings is 1. The maximum Gasteiger partial charge on any atom is 0.405 e. The summed E-state index contributed by atoms with van der Waals surface area (Å²) in [7, 11) is 1.60. The standard InChI is InChI=1S/C24H23ClFN3O4/c1-3-19(29-24(31)32)17-9-10-18(25)21(22(17)26)23(30)15-6-11-20(28-13-15)27-12-14-4-7-16(33-2)8-5-14/h4-11,13,19,29H,3,12H2,1-2H3,(H,27,28)(H,31,32)/t19-/m1/s1. The molecule has 3 N–H and O–H groups in total. The minimum absolute atomic E-state index is 0.0541. The Kier molecular flexibility index (Phi) is 7.84. The molecular formula is C24H23ClFN3O4. The van der Waals surface area contributed by atoms with Crippen molar-refractivity contribution in [2.75, 3.05) is 12.4 Å². The van der Waals surface area contributed by atoms with Gasteiger partial charge in [-0.25, -0.2) is 14.2 Å². The normalized spacial score (nSPS) is 11.5. The van der Waals surface area contributed by atoms with E-state index in [4.69, 9.17) is 21.4 Å². The van der Waals surface area contributed by atoms with Crippen LogP contribution in [0, 0.1) is 5.82 Å². The predicted octanol–water partition coefficient (Wildman–Crippen LogP) is 5.44. The Balaban J connectivity index is 1.77. The quantitative estimate of drug-likeness (QED) is 0.359. The lowest BCUT2D eigenvalue weighted by atomic mass is 9.97. The first kappa shape index (κ1) is 24.0. The summed E-state index contributed by atoms with van der Waals surface area (Å²) < 4.78 is 20.4. The molecule has 1 atom stereocenters. The molecule has 1 amide bonds. The van der Waals surface area contributed by atoms with E-state index in [1.54, 1.807) is 20.1 Å². The van der Waals surface area contributed by atoms with Gasteiger partial charge in [0.25, 0.3) is 0 Å². The van der Waals surface area contributed by atoms with Gasteiger partial charge in [0.05, 0.1) is 23.7 Å². The van der Waals surface area contributed by atoms with Crippen LogP contribution in [0.4, 0.5) is 15.0 Å². The summed E-state index contributed by atoms with van der Waals surface area (Å²) in [4.78, 5) is 28.2. The zero-order valence-corrected chi connectivity index (χ0v) is 18.8. The lowest BCUT2D eigenvalue weighted by Gasteiger charge is -2.18. The Morgan fingerprint density at radius 1 is 1.15 bits per heavy atom. The number of nitrogens with one attached hydrogen (secondary N) is 2. The number of aromatic nitrogens is 1. The van der Waals surface area contributed by atoms with E-state index in [-0.39, 0.29) is 21.7 Å². The molecule has 0 radical (unpaired) electrons. The van der Waals surface area contributed by atoms with Gasteiger partial charge < -0.3 is 20.5 Å². The number of ketones is 1. The molecule has 0 bridgehead atoms. The third-order valence-electron chi connectivity index (χ3n) is 5.09. The molecule has 0 fully saturated rings. The molecule has 2 aromatic carbocycles. The van der Waals surface area contributed by atoms with Crippen LogP contribution in [0.1, 0.15) is 46.4 Å². The van der Waals surface area contributed by atoms with Crippen molar-refractivity contribution >= 4 is 29.3 Å². The first-order valence-corrected chi connectivity index (χ1v) is 10.6. The maximum atomic E-state index is 15.2. The van der Waals surface area contributed by atoms with Crippen molar-refractivity contribution in [3.63, 3.8) is 0 Å². The maximum absolute atomic E-state index is 15.2. The summed E-state index contributed by atoms with van der Waals surface area (Å²) in [5.41, 5.74) is 0.907. The van der Waals surface area contributed by atoms with Gasteiger partial charge in [-0.05, 0) is 42.3 Å². The van der Waals surface area contributed by atoms with Gasteiger partial charge in [-0.15, -0.1) is 0 Å². The van der Waals surface area contributed by atoms with Crippen LogP contribution in [0.25, 0.3) is 0 Å². The molecule has 33 heavy (non-hydrogen) atoms. The van der Waals surface area contributed by atoms with Gasteiger partial charge >= 0.3 is 6.09 Å². The van der Waals surface area contributed by atoms with Crippen LogP contribution < -0.4 is 15.4 Å². The number of carbonyl (C=O) groups is 2. The average Bonchev–Trinajstić information content (AvgIpc) is 2.82. The Morgan fingerprint density at radius 3 is 2.45 bits per heavy atom. The van der Waals surface area contributed by atoms with E-state index in [1.165, 1.54) is 24.4 Å². The van der Waals surface area contributed by atoms with Gasteiger partial charge in [0.15, 0.2) is 5.78 Å². The molecule has 0 unspecified atom stereocenters. The van der Waals surface area contributed by atoms with Crippen LogP contribution >= 0.6 is 11.6 Å². The molecule has 1 aromatic heterocycles. The van der Waals surface area contributed by atoms with Gasteiger partial charge in [-0.2, -0.15) is 0 Å². The number of carbonyl (C=O) groups excluding carboxylic acids is 1. The molecule has 9 heteroatoms. The number of benzene rings is 2. The third kappa shape index (κ3) is 5.78. The van der Waals surface area contributed by atoms with Crippen LogP contribution in [0.2, 0.25) is 5.02 Å². The molecule has 1 heterocycles. The van der Waals surface area contributed by atoms with Gasteiger partial charge in [-0.3, -0.25) is 4.79 Å². The zero-order chi connectivity index (χ0) is 24.0. The molecule has 0 aliphatic rings. The van der Waals surface area contributed by atoms with E-state index >= 15 is 4.39 Å². The van der Waals surface area contributed by atoms with Crippen molar-refractivity contribution in [2.24, 2.45) is 0 Å². The van der Waals surface area contributed by atoms with Crippen LogP contribution in [0.15, 0.2) is 54.7 Å². The van der Waals surface area contributed by atoms with E-state index < -0.39 is 23.7 Å². The Bertz CT molecular complexity index is 1140. The highest BCUT2D eigenvalue weighted by molar-refractivity contribution is 6.35. The molecule has 0 aliphatic heterocycles. The molecule has 172 valence electrons. The van der Waals surface area contributed by atoms with Crippen molar-refractivity contribution in [2.45, 2.75) is 25.9 Å². The van der Waals surface area contributed by atoms with E-state index in [2.05, 4.69) is 15.6 Å².